The largest absolute Gasteiger partial charge is 0.453 e. The van der Waals surface area contributed by atoms with E-state index >= 15 is 0 Å². The first-order valence-corrected chi connectivity index (χ1v) is 9.26. The quantitative estimate of drug-likeness (QED) is 0.774. The molecule has 1 fully saturated rings. The summed E-state index contributed by atoms with van der Waals surface area (Å²) in [4.78, 5) is 23.2. The first-order valence-electron chi connectivity index (χ1n) is 8.89. The second kappa shape index (κ2) is 10.4. The average molecular weight is 384 g/mol. The van der Waals surface area contributed by atoms with E-state index in [1.165, 1.54) is 7.11 Å². The van der Waals surface area contributed by atoms with Crippen molar-refractivity contribution in [3.8, 4) is 0 Å². The van der Waals surface area contributed by atoms with Crippen LogP contribution in [0.3, 0.4) is 0 Å². The van der Waals surface area contributed by atoms with Crippen molar-refractivity contribution in [2.24, 2.45) is 11.7 Å². The highest BCUT2D eigenvalue weighted by atomic mass is 35.5. The third-order valence-electron chi connectivity index (χ3n) is 5.04. The molecule has 0 aromatic heterocycles. The Morgan fingerprint density at radius 3 is 2.69 bits per heavy atom. The zero-order valence-corrected chi connectivity index (χ0v) is 16.8. The van der Waals surface area contributed by atoms with Crippen LogP contribution < -0.4 is 11.1 Å². The van der Waals surface area contributed by atoms with Crippen LogP contribution in [0, 0.1) is 12.8 Å². The Hall–Kier alpha value is -1.79. The number of hydrogen-bond acceptors (Lipinski definition) is 4. The molecule has 1 aromatic carbocycles. The standard InChI is InChI=1S/C10H20N2O.C9H10ClNO2/c1-3-9-7-12(8-13)6-5-10(9,11)4-2;1-6-3-4-7(5-8(6)10)11-9(12)13-2/h8-9H,3-7,11H2,1-2H3;3-5H,1-2H3,(H,11,12). The van der Waals surface area contributed by atoms with Crippen LogP contribution in [0.1, 0.15) is 38.7 Å². The van der Waals surface area contributed by atoms with E-state index < -0.39 is 6.09 Å². The highest BCUT2D eigenvalue weighted by Gasteiger charge is 2.36. The van der Waals surface area contributed by atoms with Crippen LogP contribution in [-0.4, -0.2) is 43.1 Å². The number of nitrogens with zero attached hydrogens (tertiary/aromatic N) is 1. The highest BCUT2D eigenvalue weighted by Crippen LogP contribution is 2.30. The number of nitrogens with two attached hydrogens (primary N) is 1. The second-order valence-corrected chi connectivity index (χ2v) is 7.03. The van der Waals surface area contributed by atoms with Gasteiger partial charge in [-0.15, -0.1) is 0 Å². The zero-order valence-electron chi connectivity index (χ0n) is 16.0. The predicted octanol–water partition coefficient (Wildman–Crippen LogP) is 3.81. The number of methoxy groups -OCH3 is 1. The summed E-state index contributed by atoms with van der Waals surface area (Å²) in [5.41, 5.74) is 7.85. The van der Waals surface area contributed by atoms with Crippen LogP contribution in [0.15, 0.2) is 18.2 Å². The van der Waals surface area contributed by atoms with E-state index in [-0.39, 0.29) is 5.54 Å². The summed E-state index contributed by atoms with van der Waals surface area (Å²) in [7, 11) is 1.31. The number of benzene rings is 1. The summed E-state index contributed by atoms with van der Waals surface area (Å²) in [5.74, 6) is 0.469. The molecule has 0 spiro atoms. The minimum atomic E-state index is -0.500. The van der Waals surface area contributed by atoms with Gasteiger partial charge in [0, 0.05) is 29.3 Å². The van der Waals surface area contributed by atoms with Crippen molar-refractivity contribution in [1.29, 1.82) is 0 Å². The van der Waals surface area contributed by atoms with Crippen LogP contribution in [0.5, 0.6) is 0 Å². The Labute approximate surface area is 161 Å². The van der Waals surface area contributed by atoms with Crippen LogP contribution in [-0.2, 0) is 9.53 Å². The van der Waals surface area contributed by atoms with Gasteiger partial charge in [0.1, 0.15) is 0 Å². The third kappa shape index (κ3) is 6.18. The Bertz CT molecular complexity index is 612. The molecule has 0 saturated carbocycles. The van der Waals surface area contributed by atoms with Crippen molar-refractivity contribution in [2.45, 2.75) is 45.6 Å². The maximum absolute atomic E-state index is 10.8. The molecule has 0 radical (unpaired) electrons. The molecule has 2 unspecified atom stereocenters. The van der Waals surface area contributed by atoms with E-state index in [0.717, 1.165) is 44.3 Å². The van der Waals surface area contributed by atoms with E-state index in [1.54, 1.807) is 12.1 Å². The van der Waals surface area contributed by atoms with E-state index in [0.29, 0.717) is 16.6 Å². The number of likely N-dealkylation sites (tertiary alicyclic amines) is 1. The van der Waals surface area contributed by atoms with E-state index in [4.69, 9.17) is 17.3 Å². The van der Waals surface area contributed by atoms with Crippen LogP contribution in [0.25, 0.3) is 0 Å². The molecule has 0 bridgehead atoms. The van der Waals surface area contributed by atoms with E-state index in [2.05, 4.69) is 23.9 Å². The Kier molecular flexibility index (Phi) is 8.88. The number of hydrogen-bond donors (Lipinski definition) is 2. The second-order valence-electron chi connectivity index (χ2n) is 6.62. The van der Waals surface area contributed by atoms with Crippen molar-refractivity contribution in [1.82, 2.24) is 4.90 Å². The van der Waals surface area contributed by atoms with Crippen molar-refractivity contribution in [3.05, 3.63) is 28.8 Å². The Morgan fingerprint density at radius 2 is 2.19 bits per heavy atom. The Balaban J connectivity index is 0.000000260. The molecule has 1 saturated heterocycles. The number of carbonyl (C=O) groups excluding carboxylic acids is 2. The lowest BCUT2D eigenvalue weighted by Gasteiger charge is -2.44. The van der Waals surface area contributed by atoms with Crippen LogP contribution in [0.4, 0.5) is 10.5 Å². The maximum atomic E-state index is 10.8. The fraction of sp³-hybridized carbons (Fsp3) is 0.579. The number of ether oxygens (including phenoxy) is 1. The van der Waals surface area contributed by atoms with Crippen molar-refractivity contribution >= 4 is 29.8 Å². The van der Waals surface area contributed by atoms with E-state index in [9.17, 15) is 9.59 Å². The summed E-state index contributed by atoms with van der Waals surface area (Å²) in [5, 5.41) is 3.13. The molecule has 2 amide bonds. The molecule has 146 valence electrons. The molecule has 1 aliphatic heterocycles. The molecule has 2 rings (SSSR count). The lowest BCUT2D eigenvalue weighted by Crippen LogP contribution is -2.56. The summed E-state index contributed by atoms with van der Waals surface area (Å²) >= 11 is 5.85. The fourth-order valence-corrected chi connectivity index (χ4v) is 3.23. The number of anilines is 1. The highest BCUT2D eigenvalue weighted by molar-refractivity contribution is 6.31. The summed E-state index contributed by atoms with van der Waals surface area (Å²) in [6.07, 6.45) is 3.46. The molecule has 0 aliphatic carbocycles. The Morgan fingerprint density at radius 1 is 1.50 bits per heavy atom. The van der Waals surface area contributed by atoms with Gasteiger partial charge >= 0.3 is 6.09 Å². The van der Waals surface area contributed by atoms with Gasteiger partial charge in [-0.1, -0.05) is 31.5 Å². The monoisotopic (exact) mass is 383 g/mol. The molecular formula is C19H30ClN3O3. The minimum Gasteiger partial charge on any atom is -0.453 e. The number of piperidine rings is 1. The summed E-state index contributed by atoms with van der Waals surface area (Å²) in [6.45, 7) is 7.84. The normalized spacial score (nSPS) is 22.1. The van der Waals surface area contributed by atoms with Gasteiger partial charge < -0.3 is 15.4 Å². The molecule has 7 heteroatoms. The molecule has 26 heavy (non-hydrogen) atoms. The van der Waals surface area contributed by atoms with Gasteiger partial charge in [-0.05, 0) is 49.8 Å². The summed E-state index contributed by atoms with van der Waals surface area (Å²) < 4.78 is 4.43. The molecule has 3 N–H and O–H groups in total. The van der Waals surface area contributed by atoms with Crippen LogP contribution in [0.2, 0.25) is 5.02 Å². The molecule has 2 atom stereocenters. The molecule has 6 nitrogen and oxygen atoms in total. The molecule has 1 heterocycles. The number of aryl methyl sites for hydroxylation is 1. The number of nitrogens with one attached hydrogen (secondary N) is 1. The molecular weight excluding hydrogens is 354 g/mol. The average Bonchev–Trinajstić information content (AvgIpc) is 2.65. The number of carbonyl (C=O) groups is 2. The maximum Gasteiger partial charge on any atom is 0.411 e. The first kappa shape index (κ1) is 22.3. The number of amides is 2. The minimum absolute atomic E-state index is 0.0335. The van der Waals surface area contributed by atoms with Gasteiger partial charge in [0.25, 0.3) is 0 Å². The predicted molar refractivity (Wildman–Crippen MR) is 105 cm³/mol. The van der Waals surface area contributed by atoms with Gasteiger partial charge in [-0.2, -0.15) is 0 Å². The fourth-order valence-electron chi connectivity index (χ4n) is 3.05. The lowest BCUT2D eigenvalue weighted by atomic mass is 9.75. The third-order valence-corrected chi connectivity index (χ3v) is 5.44. The van der Waals surface area contributed by atoms with Crippen molar-refractivity contribution < 1.29 is 14.3 Å². The molecule has 1 aromatic rings. The number of halogens is 1. The van der Waals surface area contributed by atoms with Gasteiger partial charge in [-0.3, -0.25) is 10.1 Å². The zero-order chi connectivity index (χ0) is 19.7. The lowest BCUT2D eigenvalue weighted by molar-refractivity contribution is -0.120. The SMILES string of the molecule is CCC1CN(C=O)CCC1(N)CC.COC(=O)Nc1ccc(C)c(Cl)c1. The van der Waals surface area contributed by atoms with Gasteiger partial charge in [-0.25, -0.2) is 4.79 Å². The van der Waals surface area contributed by atoms with Crippen molar-refractivity contribution in [2.75, 3.05) is 25.5 Å². The van der Waals surface area contributed by atoms with Crippen molar-refractivity contribution in [3.63, 3.8) is 0 Å². The molecule has 1 aliphatic rings. The first-order chi connectivity index (χ1) is 12.3. The number of rotatable bonds is 4. The van der Waals surface area contributed by atoms with Gasteiger partial charge in [0.05, 0.1) is 7.11 Å². The topological polar surface area (TPSA) is 84.7 Å². The van der Waals surface area contributed by atoms with Gasteiger partial charge in [0.2, 0.25) is 6.41 Å². The summed E-state index contributed by atoms with van der Waals surface area (Å²) in [6, 6.07) is 5.26. The smallest absolute Gasteiger partial charge is 0.411 e. The van der Waals surface area contributed by atoms with E-state index in [1.807, 2.05) is 17.9 Å². The van der Waals surface area contributed by atoms with Gasteiger partial charge in [0.15, 0.2) is 0 Å². The van der Waals surface area contributed by atoms with Crippen LogP contribution >= 0.6 is 11.6 Å².